The molecule has 3 rings (SSSR count). The number of aliphatic hydroxyl groups is 1. The van der Waals surface area contributed by atoms with Crippen molar-refractivity contribution in [3.63, 3.8) is 0 Å². The van der Waals surface area contributed by atoms with Gasteiger partial charge >= 0.3 is 0 Å². The van der Waals surface area contributed by atoms with Gasteiger partial charge in [-0.1, -0.05) is 84.9 Å². The van der Waals surface area contributed by atoms with Crippen LogP contribution in [0.4, 0.5) is 0 Å². The van der Waals surface area contributed by atoms with E-state index in [2.05, 4.69) is 17.4 Å². The van der Waals surface area contributed by atoms with Crippen LogP contribution in [-0.2, 0) is 11.2 Å². The van der Waals surface area contributed by atoms with Crippen molar-refractivity contribution in [3.05, 3.63) is 96.1 Å². The molecule has 0 spiro atoms. The predicted molar refractivity (Wildman–Crippen MR) is 105 cm³/mol. The van der Waals surface area contributed by atoms with Gasteiger partial charge in [-0.3, -0.25) is 4.79 Å². The van der Waals surface area contributed by atoms with E-state index in [4.69, 9.17) is 0 Å². The molecule has 0 aliphatic rings. The minimum Gasteiger partial charge on any atom is -0.388 e. The summed E-state index contributed by atoms with van der Waals surface area (Å²) in [6.45, 7) is 0.455. The Morgan fingerprint density at radius 1 is 0.808 bits per heavy atom. The molecule has 1 amide bonds. The van der Waals surface area contributed by atoms with Crippen LogP contribution in [0, 0.1) is 0 Å². The minimum atomic E-state index is -0.554. The minimum absolute atomic E-state index is 0.0299. The zero-order valence-corrected chi connectivity index (χ0v) is 14.6. The summed E-state index contributed by atoms with van der Waals surface area (Å²) in [7, 11) is 0. The van der Waals surface area contributed by atoms with Crippen molar-refractivity contribution in [2.75, 3.05) is 6.54 Å². The molecule has 0 aromatic heterocycles. The lowest BCUT2D eigenvalue weighted by molar-refractivity contribution is -0.120. The Balaban J connectivity index is 1.46. The number of hydrogen-bond acceptors (Lipinski definition) is 2. The molecule has 3 nitrogen and oxygen atoms in total. The standard InChI is InChI=1S/C23H23NO2/c25-22(21-9-5-2-6-10-21)15-16-24-23(26)17-18-11-13-20(14-12-18)19-7-3-1-4-8-19/h1-14,22,25H,15-17H2,(H,24,26)/t22-/m0/s1. The Kier molecular flexibility index (Phi) is 6.18. The molecule has 0 fully saturated rings. The summed E-state index contributed by atoms with van der Waals surface area (Å²) in [4.78, 5) is 12.1. The molecule has 3 heteroatoms. The van der Waals surface area contributed by atoms with Crippen LogP contribution in [0.25, 0.3) is 11.1 Å². The number of hydrogen-bond donors (Lipinski definition) is 2. The van der Waals surface area contributed by atoms with E-state index in [0.717, 1.165) is 16.7 Å². The third-order valence-electron chi connectivity index (χ3n) is 4.35. The first-order valence-electron chi connectivity index (χ1n) is 8.86. The van der Waals surface area contributed by atoms with E-state index in [1.807, 2.05) is 72.8 Å². The molecule has 132 valence electrons. The normalized spacial score (nSPS) is 11.7. The number of benzene rings is 3. The summed E-state index contributed by atoms with van der Waals surface area (Å²) in [5.41, 5.74) is 4.16. The van der Waals surface area contributed by atoms with Crippen molar-refractivity contribution in [2.45, 2.75) is 18.9 Å². The van der Waals surface area contributed by atoms with Crippen LogP contribution in [0.1, 0.15) is 23.7 Å². The van der Waals surface area contributed by atoms with Gasteiger partial charge in [-0.05, 0) is 28.7 Å². The average Bonchev–Trinajstić information content (AvgIpc) is 2.70. The van der Waals surface area contributed by atoms with Gasteiger partial charge in [0.25, 0.3) is 0 Å². The summed E-state index contributed by atoms with van der Waals surface area (Å²) in [5, 5.41) is 13.0. The quantitative estimate of drug-likeness (QED) is 0.676. The Morgan fingerprint density at radius 3 is 2.04 bits per heavy atom. The van der Waals surface area contributed by atoms with E-state index in [0.29, 0.717) is 19.4 Å². The summed E-state index contributed by atoms with van der Waals surface area (Å²) in [6.07, 6.45) is 0.292. The second-order valence-corrected chi connectivity index (χ2v) is 6.30. The molecule has 0 aliphatic heterocycles. The Bertz CT molecular complexity index is 814. The molecule has 0 unspecified atom stereocenters. The lowest BCUT2D eigenvalue weighted by Gasteiger charge is -2.11. The highest BCUT2D eigenvalue weighted by molar-refractivity contribution is 5.78. The number of aliphatic hydroxyl groups excluding tert-OH is 1. The van der Waals surface area contributed by atoms with E-state index in [9.17, 15) is 9.90 Å². The fourth-order valence-corrected chi connectivity index (χ4v) is 2.88. The maximum absolute atomic E-state index is 12.1. The predicted octanol–water partition coefficient (Wildman–Crippen LogP) is 4.14. The largest absolute Gasteiger partial charge is 0.388 e. The summed E-state index contributed by atoms with van der Waals surface area (Å²) < 4.78 is 0. The maximum Gasteiger partial charge on any atom is 0.224 e. The molecule has 0 heterocycles. The first kappa shape index (κ1) is 17.9. The summed E-state index contributed by atoms with van der Waals surface area (Å²) in [5.74, 6) is -0.0299. The number of nitrogens with one attached hydrogen (secondary N) is 1. The van der Waals surface area contributed by atoms with E-state index in [1.54, 1.807) is 0 Å². The van der Waals surface area contributed by atoms with E-state index in [-0.39, 0.29) is 5.91 Å². The molecule has 0 bridgehead atoms. The van der Waals surface area contributed by atoms with Crippen LogP contribution in [0.15, 0.2) is 84.9 Å². The lowest BCUT2D eigenvalue weighted by atomic mass is 10.0. The maximum atomic E-state index is 12.1. The topological polar surface area (TPSA) is 49.3 Å². The average molecular weight is 345 g/mol. The van der Waals surface area contributed by atoms with Crippen LogP contribution < -0.4 is 5.32 Å². The zero-order valence-electron chi connectivity index (χ0n) is 14.6. The van der Waals surface area contributed by atoms with Gasteiger partial charge in [0, 0.05) is 6.54 Å². The molecule has 0 aliphatic carbocycles. The van der Waals surface area contributed by atoms with Gasteiger partial charge in [0.15, 0.2) is 0 Å². The zero-order chi connectivity index (χ0) is 18.2. The number of rotatable bonds is 7. The van der Waals surface area contributed by atoms with Crippen molar-refractivity contribution >= 4 is 5.91 Å². The van der Waals surface area contributed by atoms with Crippen molar-refractivity contribution < 1.29 is 9.90 Å². The van der Waals surface area contributed by atoms with E-state index < -0.39 is 6.10 Å². The van der Waals surface area contributed by atoms with Gasteiger partial charge in [-0.15, -0.1) is 0 Å². The first-order chi connectivity index (χ1) is 12.7. The fraction of sp³-hybridized carbons (Fsp3) is 0.174. The SMILES string of the molecule is O=C(Cc1ccc(-c2ccccc2)cc1)NCC[C@H](O)c1ccccc1. The number of carbonyl (C=O) groups is 1. The van der Waals surface area contributed by atoms with Gasteiger partial charge in [-0.2, -0.15) is 0 Å². The van der Waals surface area contributed by atoms with Crippen molar-refractivity contribution in [1.82, 2.24) is 5.32 Å². The third-order valence-corrected chi connectivity index (χ3v) is 4.35. The number of amides is 1. The molecule has 3 aromatic rings. The third kappa shape index (κ3) is 5.04. The molecule has 0 saturated carbocycles. The molecule has 26 heavy (non-hydrogen) atoms. The van der Waals surface area contributed by atoms with Crippen LogP contribution in [0.2, 0.25) is 0 Å². The van der Waals surface area contributed by atoms with Gasteiger partial charge in [0.2, 0.25) is 5.91 Å². The van der Waals surface area contributed by atoms with Crippen LogP contribution in [0.3, 0.4) is 0 Å². The molecule has 1 atom stereocenters. The van der Waals surface area contributed by atoms with Crippen molar-refractivity contribution in [2.24, 2.45) is 0 Å². The van der Waals surface area contributed by atoms with Gasteiger partial charge < -0.3 is 10.4 Å². The fourth-order valence-electron chi connectivity index (χ4n) is 2.88. The van der Waals surface area contributed by atoms with Crippen molar-refractivity contribution in [1.29, 1.82) is 0 Å². The van der Waals surface area contributed by atoms with Crippen LogP contribution in [0.5, 0.6) is 0 Å². The Labute approximate surface area is 154 Å². The van der Waals surface area contributed by atoms with Crippen molar-refractivity contribution in [3.8, 4) is 11.1 Å². The molecule has 0 saturated heterocycles. The molecule has 2 N–H and O–H groups in total. The summed E-state index contributed by atoms with van der Waals surface area (Å²) >= 11 is 0. The highest BCUT2D eigenvalue weighted by atomic mass is 16.3. The van der Waals surface area contributed by atoms with E-state index in [1.165, 1.54) is 5.56 Å². The summed E-state index contributed by atoms with van der Waals surface area (Å²) in [6, 6.07) is 27.7. The van der Waals surface area contributed by atoms with Gasteiger partial charge in [0.05, 0.1) is 12.5 Å². The highest BCUT2D eigenvalue weighted by Gasteiger charge is 2.08. The molecular formula is C23H23NO2. The molecule has 3 aromatic carbocycles. The number of carbonyl (C=O) groups excluding carboxylic acids is 1. The second-order valence-electron chi connectivity index (χ2n) is 6.30. The van der Waals surface area contributed by atoms with Crippen LogP contribution >= 0.6 is 0 Å². The molecule has 0 radical (unpaired) electrons. The van der Waals surface area contributed by atoms with E-state index >= 15 is 0 Å². The monoisotopic (exact) mass is 345 g/mol. The molecular weight excluding hydrogens is 322 g/mol. The highest BCUT2D eigenvalue weighted by Crippen LogP contribution is 2.19. The second kappa shape index (κ2) is 8.97. The Hall–Kier alpha value is -2.91. The smallest absolute Gasteiger partial charge is 0.224 e. The Morgan fingerprint density at radius 2 is 1.38 bits per heavy atom. The first-order valence-corrected chi connectivity index (χ1v) is 8.86. The van der Waals surface area contributed by atoms with Gasteiger partial charge in [0.1, 0.15) is 0 Å². The van der Waals surface area contributed by atoms with Crippen LogP contribution in [-0.4, -0.2) is 17.6 Å². The van der Waals surface area contributed by atoms with Gasteiger partial charge in [-0.25, -0.2) is 0 Å². The lowest BCUT2D eigenvalue weighted by Crippen LogP contribution is -2.27.